The second-order valence-corrected chi connectivity index (χ2v) is 9.40. The molecular weight excluding hydrogens is 416 g/mol. The molecule has 1 aliphatic heterocycles. The average molecular weight is 443 g/mol. The van der Waals surface area contributed by atoms with Crippen LogP contribution >= 0.6 is 11.3 Å². The molecule has 0 amide bonds. The SMILES string of the molecule is Cc1c(Nc2c(C#N)cnc3sc(C=CCN4CCN(C)CC4)cc23)ccc2[nH]ccc12. The summed E-state index contributed by atoms with van der Waals surface area (Å²) < 4.78 is 0. The Hall–Kier alpha value is -3.18. The van der Waals surface area contributed by atoms with Gasteiger partial charge in [0.25, 0.3) is 0 Å². The van der Waals surface area contributed by atoms with Crippen molar-refractivity contribution in [2.24, 2.45) is 0 Å². The number of anilines is 2. The van der Waals surface area contributed by atoms with Gasteiger partial charge in [0.1, 0.15) is 10.9 Å². The fourth-order valence-electron chi connectivity index (χ4n) is 4.21. The molecule has 32 heavy (non-hydrogen) atoms. The third kappa shape index (κ3) is 4.00. The molecule has 6 nitrogen and oxygen atoms in total. The molecule has 0 unspecified atom stereocenters. The summed E-state index contributed by atoms with van der Waals surface area (Å²) in [5, 5.41) is 15.4. The number of thiophene rings is 1. The number of piperazine rings is 1. The number of aromatic amines is 1. The first-order valence-electron chi connectivity index (χ1n) is 10.9. The van der Waals surface area contributed by atoms with Gasteiger partial charge in [-0.1, -0.05) is 6.08 Å². The van der Waals surface area contributed by atoms with E-state index in [4.69, 9.17) is 0 Å². The molecule has 0 bridgehead atoms. The van der Waals surface area contributed by atoms with Crippen molar-refractivity contribution in [2.75, 3.05) is 45.1 Å². The van der Waals surface area contributed by atoms with Gasteiger partial charge in [0.15, 0.2) is 0 Å². The van der Waals surface area contributed by atoms with Gasteiger partial charge >= 0.3 is 0 Å². The zero-order valence-corrected chi connectivity index (χ0v) is 19.2. The fourth-order valence-corrected chi connectivity index (χ4v) is 5.15. The van der Waals surface area contributed by atoms with E-state index in [1.807, 2.05) is 6.20 Å². The minimum absolute atomic E-state index is 0.553. The number of aryl methyl sites for hydroxylation is 1. The van der Waals surface area contributed by atoms with Crippen molar-refractivity contribution in [3.63, 3.8) is 0 Å². The van der Waals surface area contributed by atoms with E-state index < -0.39 is 0 Å². The van der Waals surface area contributed by atoms with Crippen molar-refractivity contribution >= 4 is 49.9 Å². The zero-order chi connectivity index (χ0) is 22.1. The van der Waals surface area contributed by atoms with Crippen LogP contribution < -0.4 is 5.32 Å². The average Bonchev–Trinajstić information content (AvgIpc) is 3.44. The van der Waals surface area contributed by atoms with Crippen molar-refractivity contribution in [3.8, 4) is 6.07 Å². The zero-order valence-electron chi connectivity index (χ0n) is 18.4. The summed E-state index contributed by atoms with van der Waals surface area (Å²) in [5.74, 6) is 0. The normalized spacial score (nSPS) is 15.7. The molecule has 1 saturated heterocycles. The van der Waals surface area contributed by atoms with E-state index in [1.54, 1.807) is 17.5 Å². The first-order chi connectivity index (χ1) is 15.6. The van der Waals surface area contributed by atoms with Crippen molar-refractivity contribution in [1.82, 2.24) is 19.8 Å². The van der Waals surface area contributed by atoms with E-state index in [0.29, 0.717) is 5.56 Å². The number of nitrogens with one attached hydrogen (secondary N) is 2. The Balaban J connectivity index is 1.43. The number of H-pyrrole nitrogens is 1. The van der Waals surface area contributed by atoms with Crippen LogP contribution in [0.2, 0.25) is 0 Å². The number of rotatable bonds is 5. The van der Waals surface area contributed by atoms with Gasteiger partial charge in [0.2, 0.25) is 0 Å². The number of fused-ring (bicyclic) bond motifs is 2. The lowest BCUT2D eigenvalue weighted by molar-refractivity contribution is 0.167. The molecule has 0 spiro atoms. The Morgan fingerprint density at radius 3 is 2.88 bits per heavy atom. The van der Waals surface area contributed by atoms with Gasteiger partial charge in [-0.25, -0.2) is 4.98 Å². The van der Waals surface area contributed by atoms with Crippen LogP contribution in [0, 0.1) is 18.3 Å². The highest BCUT2D eigenvalue weighted by molar-refractivity contribution is 7.19. The molecule has 2 N–H and O–H groups in total. The van der Waals surface area contributed by atoms with E-state index in [2.05, 4.69) is 81.5 Å². The molecule has 0 radical (unpaired) electrons. The van der Waals surface area contributed by atoms with E-state index in [-0.39, 0.29) is 0 Å². The summed E-state index contributed by atoms with van der Waals surface area (Å²) in [7, 11) is 2.18. The lowest BCUT2D eigenvalue weighted by Gasteiger charge is -2.31. The highest BCUT2D eigenvalue weighted by Gasteiger charge is 2.15. The van der Waals surface area contributed by atoms with E-state index in [9.17, 15) is 5.26 Å². The van der Waals surface area contributed by atoms with E-state index in [1.165, 1.54) is 5.39 Å². The molecule has 1 aromatic carbocycles. The number of hydrogen-bond donors (Lipinski definition) is 2. The molecule has 162 valence electrons. The van der Waals surface area contributed by atoms with Crippen LogP contribution in [0.1, 0.15) is 16.0 Å². The van der Waals surface area contributed by atoms with Crippen molar-refractivity contribution in [2.45, 2.75) is 6.92 Å². The topological polar surface area (TPSA) is 71.0 Å². The maximum atomic E-state index is 9.72. The van der Waals surface area contributed by atoms with Gasteiger partial charge in [-0.05, 0) is 49.9 Å². The van der Waals surface area contributed by atoms with Crippen LogP contribution in [0.25, 0.3) is 27.2 Å². The van der Waals surface area contributed by atoms with Gasteiger partial charge < -0.3 is 15.2 Å². The van der Waals surface area contributed by atoms with E-state index >= 15 is 0 Å². The molecule has 1 aliphatic rings. The van der Waals surface area contributed by atoms with Crippen molar-refractivity contribution in [1.29, 1.82) is 5.26 Å². The summed E-state index contributed by atoms with van der Waals surface area (Å²) in [6.45, 7) is 7.53. The molecule has 5 rings (SSSR count). The number of hydrogen-bond acceptors (Lipinski definition) is 6. The van der Waals surface area contributed by atoms with Crippen molar-refractivity contribution < 1.29 is 0 Å². The summed E-state index contributed by atoms with van der Waals surface area (Å²) in [6.07, 6.45) is 8.03. The first-order valence-corrected chi connectivity index (χ1v) is 11.7. The molecule has 0 saturated carbocycles. The predicted molar refractivity (Wildman–Crippen MR) is 134 cm³/mol. The van der Waals surface area contributed by atoms with Crippen molar-refractivity contribution in [3.05, 3.63) is 58.7 Å². The maximum absolute atomic E-state index is 9.72. The lowest BCUT2D eigenvalue weighted by atomic mass is 10.1. The van der Waals surface area contributed by atoms with Gasteiger partial charge in [0, 0.05) is 72.0 Å². The Labute approximate surface area is 191 Å². The molecule has 4 aromatic rings. The lowest BCUT2D eigenvalue weighted by Crippen LogP contribution is -2.44. The quantitative estimate of drug-likeness (QED) is 0.457. The Morgan fingerprint density at radius 1 is 1.22 bits per heavy atom. The van der Waals surface area contributed by atoms with Gasteiger partial charge in [0.05, 0.1) is 11.3 Å². The minimum atomic E-state index is 0.553. The molecule has 0 aliphatic carbocycles. The highest BCUT2D eigenvalue weighted by atomic mass is 32.1. The summed E-state index contributed by atoms with van der Waals surface area (Å²) in [5.41, 5.74) is 4.64. The van der Waals surface area contributed by atoms with E-state index in [0.717, 1.165) is 70.3 Å². The summed E-state index contributed by atoms with van der Waals surface area (Å²) in [6, 6.07) is 10.6. The fraction of sp³-hybridized carbons (Fsp3) is 0.280. The first kappa shape index (κ1) is 20.7. The largest absolute Gasteiger partial charge is 0.361 e. The molecule has 0 atom stereocenters. The molecular formula is C25H26N6S. The van der Waals surface area contributed by atoms with Crippen LogP contribution in [-0.2, 0) is 0 Å². The molecule has 1 fully saturated rings. The summed E-state index contributed by atoms with van der Waals surface area (Å²) >= 11 is 1.66. The van der Waals surface area contributed by atoms with Crippen LogP contribution in [0.4, 0.5) is 11.4 Å². The molecule has 7 heteroatoms. The Kier molecular flexibility index (Phi) is 5.66. The number of pyridine rings is 1. The van der Waals surface area contributed by atoms with Gasteiger partial charge in [-0.2, -0.15) is 5.26 Å². The smallest absolute Gasteiger partial charge is 0.125 e. The van der Waals surface area contributed by atoms with Crippen LogP contribution in [0.15, 0.2) is 42.7 Å². The molecule has 3 aromatic heterocycles. The monoisotopic (exact) mass is 442 g/mol. The Bertz CT molecular complexity index is 1330. The third-order valence-corrected chi connectivity index (χ3v) is 7.21. The van der Waals surface area contributed by atoms with Crippen LogP contribution in [0.3, 0.4) is 0 Å². The number of benzene rings is 1. The second-order valence-electron chi connectivity index (χ2n) is 8.33. The minimum Gasteiger partial charge on any atom is -0.361 e. The third-order valence-electron chi connectivity index (χ3n) is 6.21. The molecule has 4 heterocycles. The van der Waals surface area contributed by atoms with Gasteiger partial charge in [-0.3, -0.25) is 4.90 Å². The second kappa shape index (κ2) is 8.75. The number of aromatic nitrogens is 2. The van der Waals surface area contributed by atoms with Crippen LogP contribution in [-0.4, -0.2) is 59.5 Å². The maximum Gasteiger partial charge on any atom is 0.125 e. The number of nitriles is 1. The highest BCUT2D eigenvalue weighted by Crippen LogP contribution is 2.36. The standard InChI is InChI=1S/C25H26N6S/c1-17-20-7-8-27-23(20)6-5-22(17)29-24-18(15-26)16-28-25-21(24)14-19(32-25)4-3-9-31-12-10-30(2)11-13-31/h3-8,14,16,27H,9-13H2,1-2H3,(H,28,29). The van der Waals surface area contributed by atoms with Gasteiger partial charge in [-0.15, -0.1) is 11.3 Å². The number of likely N-dealkylation sites (N-methyl/N-ethyl adjacent to an activating group) is 1. The predicted octanol–water partition coefficient (Wildman–Crippen LogP) is 4.96. The number of nitrogens with zero attached hydrogens (tertiary/aromatic N) is 4. The summed E-state index contributed by atoms with van der Waals surface area (Å²) in [4.78, 5) is 14.7. The van der Waals surface area contributed by atoms with Crippen LogP contribution in [0.5, 0.6) is 0 Å². The Morgan fingerprint density at radius 2 is 2.06 bits per heavy atom.